The molecule has 0 aliphatic carbocycles. The molecule has 0 aliphatic heterocycles. The van der Waals surface area contributed by atoms with Crippen molar-refractivity contribution in [3.05, 3.63) is 35.2 Å². The number of halogens is 1. The first-order valence-electron chi connectivity index (χ1n) is 6.09. The highest BCUT2D eigenvalue weighted by atomic mass is 35.5. The van der Waals surface area contributed by atoms with Crippen LogP contribution < -0.4 is 5.73 Å². The van der Waals surface area contributed by atoms with Gasteiger partial charge < -0.3 is 10.3 Å². The first-order valence-corrected chi connectivity index (χ1v) is 7.52. The summed E-state index contributed by atoms with van der Waals surface area (Å²) in [5.74, 6) is 1.94. The average molecular weight is 298 g/mol. The molecule has 19 heavy (non-hydrogen) atoms. The Morgan fingerprint density at radius 1 is 1.37 bits per heavy atom. The molecule has 1 atom stereocenters. The summed E-state index contributed by atoms with van der Waals surface area (Å²) < 4.78 is 5.23. The number of rotatable bonds is 6. The number of nitrogens with two attached hydrogens (primary N) is 1. The van der Waals surface area contributed by atoms with Gasteiger partial charge in [-0.05, 0) is 37.2 Å². The maximum Gasteiger partial charge on any atom is 0.236 e. The second-order valence-corrected chi connectivity index (χ2v) is 6.08. The summed E-state index contributed by atoms with van der Waals surface area (Å²) in [6.45, 7) is 2.85. The Morgan fingerprint density at radius 3 is 2.79 bits per heavy atom. The topological polar surface area (TPSA) is 64.9 Å². The maximum absolute atomic E-state index is 5.84. The van der Waals surface area contributed by atoms with Crippen LogP contribution in [0, 0.1) is 0 Å². The van der Waals surface area contributed by atoms with Crippen molar-refractivity contribution in [1.29, 1.82) is 0 Å². The van der Waals surface area contributed by atoms with Crippen LogP contribution in [0.1, 0.15) is 19.2 Å². The maximum atomic E-state index is 5.84. The molecular weight excluding hydrogens is 282 g/mol. The quantitative estimate of drug-likeness (QED) is 0.885. The van der Waals surface area contributed by atoms with Gasteiger partial charge in [0.2, 0.25) is 11.7 Å². The average Bonchev–Trinajstić information content (AvgIpc) is 2.86. The van der Waals surface area contributed by atoms with Gasteiger partial charge in [0.1, 0.15) is 0 Å². The number of aromatic nitrogens is 2. The summed E-state index contributed by atoms with van der Waals surface area (Å²) >= 11 is 7.61. The molecule has 0 saturated carbocycles. The molecule has 0 amide bonds. The third-order valence-electron chi connectivity index (χ3n) is 2.64. The Hall–Kier alpha value is -1.04. The normalized spacial score (nSPS) is 12.6. The predicted octanol–water partition coefficient (Wildman–Crippen LogP) is 3.36. The van der Waals surface area contributed by atoms with E-state index >= 15 is 0 Å². The molecule has 0 aliphatic rings. The van der Waals surface area contributed by atoms with Gasteiger partial charge in [-0.25, -0.2) is 0 Å². The summed E-state index contributed by atoms with van der Waals surface area (Å²) in [6.07, 6.45) is 0.989. The molecule has 2 rings (SSSR count). The summed E-state index contributed by atoms with van der Waals surface area (Å²) in [5.41, 5.74) is 6.42. The Kier molecular flexibility index (Phi) is 5.24. The summed E-state index contributed by atoms with van der Waals surface area (Å²) in [6, 6.07) is 7.37. The Labute approximate surface area is 121 Å². The van der Waals surface area contributed by atoms with Crippen LogP contribution in [0.15, 0.2) is 28.8 Å². The number of thioether (sulfide) groups is 1. The van der Waals surface area contributed by atoms with E-state index in [-0.39, 0.29) is 0 Å². The Morgan fingerprint density at radius 2 is 2.11 bits per heavy atom. The highest BCUT2D eigenvalue weighted by Crippen LogP contribution is 2.22. The second-order valence-electron chi connectivity index (χ2n) is 4.22. The van der Waals surface area contributed by atoms with E-state index in [0.29, 0.717) is 34.3 Å². The van der Waals surface area contributed by atoms with Crippen LogP contribution in [-0.4, -0.2) is 21.9 Å². The van der Waals surface area contributed by atoms with Crippen LogP contribution in [0.3, 0.4) is 0 Å². The summed E-state index contributed by atoms with van der Waals surface area (Å²) in [4.78, 5) is 4.37. The zero-order chi connectivity index (χ0) is 13.7. The fraction of sp³-hybridized carbons (Fsp3) is 0.385. The third kappa shape index (κ3) is 4.23. The molecule has 2 aromatic rings. The molecule has 1 aromatic heterocycles. The van der Waals surface area contributed by atoms with Gasteiger partial charge in [0.25, 0.3) is 0 Å². The van der Waals surface area contributed by atoms with Crippen LogP contribution in [0.4, 0.5) is 0 Å². The van der Waals surface area contributed by atoms with Gasteiger partial charge in [-0.15, -0.1) is 11.8 Å². The lowest BCUT2D eigenvalue weighted by Crippen LogP contribution is -2.07. The molecule has 1 aromatic carbocycles. The van der Waals surface area contributed by atoms with Crippen molar-refractivity contribution in [2.24, 2.45) is 5.73 Å². The van der Waals surface area contributed by atoms with E-state index in [0.717, 1.165) is 12.0 Å². The van der Waals surface area contributed by atoms with E-state index in [1.54, 1.807) is 11.8 Å². The SMILES string of the molecule is CC(CCN)SCc1nc(-c2ccc(Cl)cc2)no1. The van der Waals surface area contributed by atoms with Crippen molar-refractivity contribution in [1.82, 2.24) is 10.1 Å². The lowest BCUT2D eigenvalue weighted by atomic mass is 10.2. The van der Waals surface area contributed by atoms with Crippen LogP contribution >= 0.6 is 23.4 Å². The smallest absolute Gasteiger partial charge is 0.236 e. The molecule has 2 N–H and O–H groups in total. The van der Waals surface area contributed by atoms with Crippen molar-refractivity contribution in [2.45, 2.75) is 24.3 Å². The van der Waals surface area contributed by atoms with Crippen LogP contribution in [0.25, 0.3) is 11.4 Å². The molecule has 6 heteroatoms. The van der Waals surface area contributed by atoms with E-state index in [9.17, 15) is 0 Å². The minimum absolute atomic E-state index is 0.496. The van der Waals surface area contributed by atoms with Crippen LogP contribution in [0.2, 0.25) is 5.02 Å². The molecule has 1 heterocycles. The number of hydrogen-bond acceptors (Lipinski definition) is 5. The van der Waals surface area contributed by atoms with E-state index in [2.05, 4.69) is 17.1 Å². The second kappa shape index (κ2) is 6.93. The van der Waals surface area contributed by atoms with Gasteiger partial charge in [0.15, 0.2) is 0 Å². The summed E-state index contributed by atoms with van der Waals surface area (Å²) in [7, 11) is 0. The largest absolute Gasteiger partial charge is 0.338 e. The zero-order valence-corrected chi connectivity index (χ0v) is 12.2. The first-order chi connectivity index (χ1) is 9.19. The minimum Gasteiger partial charge on any atom is -0.338 e. The minimum atomic E-state index is 0.496. The molecule has 1 unspecified atom stereocenters. The van der Waals surface area contributed by atoms with Gasteiger partial charge in [0.05, 0.1) is 5.75 Å². The standard InChI is InChI=1S/C13H16ClN3OS/c1-9(6-7-15)19-8-12-16-13(17-18-12)10-2-4-11(14)5-3-10/h2-5,9H,6-8,15H2,1H3. The molecule has 0 spiro atoms. The van der Waals surface area contributed by atoms with Crippen molar-refractivity contribution >= 4 is 23.4 Å². The van der Waals surface area contributed by atoms with Crippen LogP contribution in [-0.2, 0) is 5.75 Å². The molecule has 0 bridgehead atoms. The van der Waals surface area contributed by atoms with Gasteiger partial charge >= 0.3 is 0 Å². The Bertz CT molecular complexity index is 515. The lowest BCUT2D eigenvalue weighted by Gasteiger charge is -2.06. The number of benzene rings is 1. The molecular formula is C13H16ClN3OS. The monoisotopic (exact) mass is 297 g/mol. The molecule has 4 nitrogen and oxygen atoms in total. The Balaban J connectivity index is 1.97. The fourth-order valence-corrected chi connectivity index (χ4v) is 2.53. The first kappa shape index (κ1) is 14.4. The third-order valence-corrected chi connectivity index (χ3v) is 4.11. The molecule has 102 valence electrons. The fourth-order valence-electron chi connectivity index (χ4n) is 1.56. The van der Waals surface area contributed by atoms with Crippen LogP contribution in [0.5, 0.6) is 0 Å². The van der Waals surface area contributed by atoms with Gasteiger partial charge in [0, 0.05) is 15.8 Å². The van der Waals surface area contributed by atoms with Crippen molar-refractivity contribution in [2.75, 3.05) is 6.54 Å². The summed E-state index contributed by atoms with van der Waals surface area (Å²) in [5, 5.41) is 5.16. The number of nitrogens with zero attached hydrogens (tertiary/aromatic N) is 2. The molecule has 0 saturated heterocycles. The van der Waals surface area contributed by atoms with E-state index in [1.165, 1.54) is 0 Å². The van der Waals surface area contributed by atoms with Crippen molar-refractivity contribution in [3.63, 3.8) is 0 Å². The van der Waals surface area contributed by atoms with Crippen molar-refractivity contribution in [3.8, 4) is 11.4 Å². The van der Waals surface area contributed by atoms with E-state index in [4.69, 9.17) is 21.9 Å². The molecule has 0 fully saturated rings. The zero-order valence-electron chi connectivity index (χ0n) is 10.7. The lowest BCUT2D eigenvalue weighted by molar-refractivity contribution is 0.391. The highest BCUT2D eigenvalue weighted by molar-refractivity contribution is 7.99. The highest BCUT2D eigenvalue weighted by Gasteiger charge is 2.10. The van der Waals surface area contributed by atoms with Gasteiger partial charge in [-0.3, -0.25) is 0 Å². The van der Waals surface area contributed by atoms with Gasteiger partial charge in [-0.1, -0.05) is 23.7 Å². The van der Waals surface area contributed by atoms with Crippen molar-refractivity contribution < 1.29 is 4.52 Å². The number of hydrogen-bond donors (Lipinski definition) is 1. The van der Waals surface area contributed by atoms with Gasteiger partial charge in [-0.2, -0.15) is 4.98 Å². The molecule has 0 radical (unpaired) electrons. The van der Waals surface area contributed by atoms with E-state index < -0.39 is 0 Å². The van der Waals surface area contributed by atoms with E-state index in [1.807, 2.05) is 24.3 Å². The predicted molar refractivity (Wildman–Crippen MR) is 79.2 cm³/mol.